The maximum Gasteiger partial charge on any atom is 0.249 e. The lowest BCUT2D eigenvalue weighted by Gasteiger charge is -2.27. The molecule has 120 valence electrons. The Labute approximate surface area is 132 Å². The number of hydrogen-bond acceptors (Lipinski definition) is 3. The van der Waals surface area contributed by atoms with Gasteiger partial charge in [-0.2, -0.15) is 0 Å². The van der Waals surface area contributed by atoms with Gasteiger partial charge in [0.15, 0.2) is 0 Å². The molecule has 1 aliphatic heterocycles. The molecule has 4 heteroatoms. The Hall–Kier alpha value is -1.39. The molecule has 4 nitrogen and oxygen atoms in total. The van der Waals surface area contributed by atoms with Gasteiger partial charge in [-0.15, -0.1) is 0 Å². The van der Waals surface area contributed by atoms with Crippen molar-refractivity contribution in [2.24, 2.45) is 0 Å². The first-order valence-corrected chi connectivity index (χ1v) is 8.35. The molecule has 1 aromatic rings. The third-order valence-electron chi connectivity index (χ3n) is 4.61. The number of fused-ring (bicyclic) bond motifs is 1. The second-order valence-electron chi connectivity index (χ2n) is 6.26. The van der Waals surface area contributed by atoms with Gasteiger partial charge >= 0.3 is 0 Å². The predicted octanol–water partition coefficient (Wildman–Crippen LogP) is 2.76. The zero-order valence-corrected chi connectivity index (χ0v) is 13.2. The van der Waals surface area contributed by atoms with E-state index in [1.54, 1.807) is 0 Å². The van der Waals surface area contributed by atoms with Crippen molar-refractivity contribution in [2.75, 3.05) is 13.2 Å². The average molecular weight is 303 g/mol. The van der Waals surface area contributed by atoms with Gasteiger partial charge in [-0.1, -0.05) is 24.3 Å². The van der Waals surface area contributed by atoms with Crippen LogP contribution in [0.4, 0.5) is 0 Å². The Morgan fingerprint density at radius 1 is 1.36 bits per heavy atom. The third-order valence-corrected chi connectivity index (χ3v) is 4.61. The smallest absolute Gasteiger partial charge is 0.249 e. The highest BCUT2D eigenvalue weighted by molar-refractivity contribution is 5.80. The molecule has 2 aliphatic rings. The number of hydrogen-bond donors (Lipinski definition) is 1. The summed E-state index contributed by atoms with van der Waals surface area (Å²) >= 11 is 0. The van der Waals surface area contributed by atoms with Crippen LogP contribution in [-0.2, 0) is 20.7 Å². The predicted molar refractivity (Wildman–Crippen MR) is 84.7 cm³/mol. The van der Waals surface area contributed by atoms with Gasteiger partial charge < -0.3 is 14.8 Å². The summed E-state index contributed by atoms with van der Waals surface area (Å²) in [4.78, 5) is 12.3. The molecule has 3 rings (SSSR count). The van der Waals surface area contributed by atoms with E-state index in [0.717, 1.165) is 38.7 Å². The van der Waals surface area contributed by atoms with Crippen molar-refractivity contribution >= 4 is 5.91 Å². The van der Waals surface area contributed by atoms with Gasteiger partial charge in [0.1, 0.15) is 6.10 Å². The first-order chi connectivity index (χ1) is 10.7. The number of carbonyl (C=O) groups is 1. The number of benzene rings is 1. The molecule has 0 bridgehead atoms. The molecule has 1 amide bonds. The number of rotatable bonds is 5. The monoisotopic (exact) mass is 303 g/mol. The van der Waals surface area contributed by atoms with E-state index in [-0.39, 0.29) is 18.1 Å². The molecule has 1 aliphatic carbocycles. The van der Waals surface area contributed by atoms with Crippen LogP contribution in [-0.4, -0.2) is 31.3 Å². The Balaban J connectivity index is 1.53. The van der Waals surface area contributed by atoms with Gasteiger partial charge in [0, 0.05) is 6.61 Å². The lowest BCUT2D eigenvalue weighted by atomic mass is 9.87. The molecule has 3 unspecified atom stereocenters. The molecule has 1 N–H and O–H groups in total. The van der Waals surface area contributed by atoms with Crippen molar-refractivity contribution < 1.29 is 14.3 Å². The summed E-state index contributed by atoms with van der Waals surface area (Å²) in [6.45, 7) is 3.14. The second-order valence-corrected chi connectivity index (χ2v) is 6.26. The van der Waals surface area contributed by atoms with Gasteiger partial charge in [-0.05, 0) is 50.2 Å². The Kier molecular flexibility index (Phi) is 5.11. The summed E-state index contributed by atoms with van der Waals surface area (Å²) in [5, 5.41) is 3.15. The van der Waals surface area contributed by atoms with Crippen LogP contribution in [0.1, 0.15) is 49.8 Å². The van der Waals surface area contributed by atoms with Crippen molar-refractivity contribution in [1.82, 2.24) is 5.32 Å². The number of amides is 1. The number of ether oxygens (including phenoxy) is 2. The van der Waals surface area contributed by atoms with Crippen LogP contribution in [0.5, 0.6) is 0 Å². The molecule has 22 heavy (non-hydrogen) atoms. The van der Waals surface area contributed by atoms with Gasteiger partial charge in [0.2, 0.25) is 5.91 Å². The fraction of sp³-hybridized carbons (Fsp3) is 0.611. The Morgan fingerprint density at radius 2 is 2.23 bits per heavy atom. The summed E-state index contributed by atoms with van der Waals surface area (Å²) in [7, 11) is 0. The largest absolute Gasteiger partial charge is 0.376 e. The first kappa shape index (κ1) is 15.5. The van der Waals surface area contributed by atoms with E-state index in [0.29, 0.717) is 6.61 Å². The lowest BCUT2D eigenvalue weighted by Crippen LogP contribution is -2.39. The highest BCUT2D eigenvalue weighted by Crippen LogP contribution is 2.29. The molecule has 0 spiro atoms. The van der Waals surface area contributed by atoms with Crippen LogP contribution in [0.25, 0.3) is 0 Å². The van der Waals surface area contributed by atoms with Crippen LogP contribution in [0.3, 0.4) is 0 Å². The minimum absolute atomic E-state index is 0.0281. The maximum atomic E-state index is 12.3. The Bertz CT molecular complexity index is 511. The molecule has 1 saturated heterocycles. The van der Waals surface area contributed by atoms with Gasteiger partial charge in [0.25, 0.3) is 0 Å². The van der Waals surface area contributed by atoms with E-state index in [1.807, 2.05) is 13.0 Å². The first-order valence-electron chi connectivity index (χ1n) is 8.35. The summed E-state index contributed by atoms with van der Waals surface area (Å²) in [5.41, 5.74) is 2.61. The fourth-order valence-corrected chi connectivity index (χ4v) is 3.30. The van der Waals surface area contributed by atoms with Crippen LogP contribution in [0.15, 0.2) is 24.3 Å². The molecule has 0 aromatic heterocycles. The number of aryl methyl sites for hydroxylation is 1. The second kappa shape index (κ2) is 7.25. The van der Waals surface area contributed by atoms with Crippen LogP contribution in [0, 0.1) is 0 Å². The summed E-state index contributed by atoms with van der Waals surface area (Å²) in [5.74, 6) is -0.0281. The van der Waals surface area contributed by atoms with E-state index in [4.69, 9.17) is 9.47 Å². The van der Waals surface area contributed by atoms with Crippen LogP contribution < -0.4 is 5.32 Å². The average Bonchev–Trinajstić information content (AvgIpc) is 3.06. The molecule has 1 fully saturated rings. The van der Waals surface area contributed by atoms with Gasteiger partial charge in [0.05, 0.1) is 18.8 Å². The molecule has 1 heterocycles. The van der Waals surface area contributed by atoms with Crippen molar-refractivity contribution in [3.63, 3.8) is 0 Å². The van der Waals surface area contributed by atoms with Crippen molar-refractivity contribution in [3.8, 4) is 0 Å². The van der Waals surface area contributed by atoms with Crippen molar-refractivity contribution in [2.45, 2.75) is 57.3 Å². The number of carbonyl (C=O) groups excluding carboxylic acids is 1. The Morgan fingerprint density at radius 3 is 3.05 bits per heavy atom. The van der Waals surface area contributed by atoms with Crippen LogP contribution in [0.2, 0.25) is 0 Å². The minimum Gasteiger partial charge on any atom is -0.376 e. The lowest BCUT2D eigenvalue weighted by molar-refractivity contribution is -0.134. The molecule has 0 saturated carbocycles. The van der Waals surface area contributed by atoms with Gasteiger partial charge in [-0.25, -0.2) is 0 Å². The van der Waals surface area contributed by atoms with E-state index in [9.17, 15) is 4.79 Å². The summed E-state index contributed by atoms with van der Waals surface area (Å²) in [6.07, 6.45) is 5.07. The maximum absolute atomic E-state index is 12.3. The normalized spacial score (nSPS) is 25.5. The standard InChI is InChI=1S/C18H25NO3/c1-13(22-12-15-8-5-11-21-15)18(20)19-17-10-4-7-14-6-2-3-9-16(14)17/h2-3,6,9,13,15,17H,4-5,7-8,10-12H2,1H3,(H,19,20). The van der Waals surface area contributed by atoms with Gasteiger partial charge in [-0.3, -0.25) is 4.79 Å². The molecular weight excluding hydrogens is 278 g/mol. The SMILES string of the molecule is CC(OCC1CCCO1)C(=O)NC1CCCc2ccccc21. The van der Waals surface area contributed by atoms with E-state index < -0.39 is 6.10 Å². The van der Waals surface area contributed by atoms with Crippen molar-refractivity contribution in [3.05, 3.63) is 35.4 Å². The molecular formula is C18H25NO3. The van der Waals surface area contributed by atoms with Crippen molar-refractivity contribution in [1.29, 1.82) is 0 Å². The molecule has 0 radical (unpaired) electrons. The van der Waals surface area contributed by atoms with E-state index in [1.165, 1.54) is 11.1 Å². The topological polar surface area (TPSA) is 47.6 Å². The zero-order chi connectivity index (χ0) is 15.4. The quantitative estimate of drug-likeness (QED) is 0.910. The molecule has 1 aromatic carbocycles. The third kappa shape index (κ3) is 3.68. The van der Waals surface area contributed by atoms with E-state index >= 15 is 0 Å². The molecule has 3 atom stereocenters. The highest BCUT2D eigenvalue weighted by Gasteiger charge is 2.25. The minimum atomic E-state index is -0.432. The zero-order valence-electron chi connectivity index (χ0n) is 13.2. The fourth-order valence-electron chi connectivity index (χ4n) is 3.30. The highest BCUT2D eigenvalue weighted by atomic mass is 16.5. The summed E-state index contributed by atoms with van der Waals surface area (Å²) < 4.78 is 11.2. The number of nitrogens with one attached hydrogen (secondary N) is 1. The van der Waals surface area contributed by atoms with E-state index in [2.05, 4.69) is 23.5 Å². The summed E-state index contributed by atoms with van der Waals surface area (Å²) in [6, 6.07) is 8.51. The van der Waals surface area contributed by atoms with Crippen LogP contribution >= 0.6 is 0 Å².